The minimum absolute atomic E-state index is 0.349. The van der Waals surface area contributed by atoms with Crippen LogP contribution in [0.5, 0.6) is 0 Å². The minimum Gasteiger partial charge on any atom is -0.382 e. The van der Waals surface area contributed by atoms with Crippen LogP contribution in [0.4, 0.5) is 5.82 Å². The number of nitrogens with zero attached hydrogens (tertiary/aromatic N) is 3. The number of nitrogens with two attached hydrogens (primary N) is 1. The van der Waals surface area contributed by atoms with Gasteiger partial charge < -0.3 is 5.73 Å². The summed E-state index contributed by atoms with van der Waals surface area (Å²) in [5, 5.41) is 10.1. The Kier molecular flexibility index (Phi) is 5.66. The predicted octanol–water partition coefficient (Wildman–Crippen LogP) is 3.87. The predicted molar refractivity (Wildman–Crippen MR) is 82.6 cm³/mol. The Morgan fingerprint density at radius 2 is 2.05 bits per heavy atom. The average molecular weight is 290 g/mol. The highest BCUT2D eigenvalue weighted by Gasteiger charge is 2.23. The van der Waals surface area contributed by atoms with Gasteiger partial charge in [-0.1, -0.05) is 44.4 Å². The van der Waals surface area contributed by atoms with Gasteiger partial charge in [0.05, 0.1) is 5.69 Å². The lowest BCUT2D eigenvalue weighted by Gasteiger charge is -2.22. The molecule has 1 aromatic heterocycles. The third kappa shape index (κ3) is 3.63. The van der Waals surface area contributed by atoms with Gasteiger partial charge in [-0.25, -0.2) is 9.97 Å². The van der Waals surface area contributed by atoms with Crippen LogP contribution in [0.15, 0.2) is 5.16 Å². The first-order valence-corrected chi connectivity index (χ1v) is 8.45. The lowest BCUT2D eigenvalue weighted by atomic mass is 9.85. The van der Waals surface area contributed by atoms with Crippen molar-refractivity contribution >= 4 is 17.6 Å². The maximum absolute atomic E-state index is 9.32. The minimum atomic E-state index is 0.349. The molecule has 1 aromatic rings. The lowest BCUT2D eigenvalue weighted by Crippen LogP contribution is -2.12. The maximum Gasteiger partial charge on any atom is 0.189 e. The topological polar surface area (TPSA) is 75.6 Å². The van der Waals surface area contributed by atoms with E-state index in [9.17, 15) is 5.26 Å². The van der Waals surface area contributed by atoms with Crippen molar-refractivity contribution in [1.82, 2.24) is 9.97 Å². The van der Waals surface area contributed by atoms with Crippen LogP contribution in [0.3, 0.4) is 0 Å². The van der Waals surface area contributed by atoms with Crippen LogP contribution in [0, 0.1) is 11.3 Å². The quantitative estimate of drug-likeness (QED) is 0.506. The van der Waals surface area contributed by atoms with Crippen molar-refractivity contribution in [3.8, 4) is 6.07 Å². The van der Waals surface area contributed by atoms with Crippen molar-refractivity contribution in [2.75, 3.05) is 11.5 Å². The average Bonchev–Trinajstić information content (AvgIpc) is 2.48. The largest absolute Gasteiger partial charge is 0.382 e. The molecule has 1 aliphatic rings. The molecule has 108 valence electrons. The van der Waals surface area contributed by atoms with E-state index in [0.717, 1.165) is 42.3 Å². The van der Waals surface area contributed by atoms with Crippen LogP contribution < -0.4 is 5.73 Å². The van der Waals surface area contributed by atoms with Crippen LogP contribution in [0.25, 0.3) is 0 Å². The van der Waals surface area contributed by atoms with Gasteiger partial charge in [-0.15, -0.1) is 0 Å². The number of unbranched alkanes of at least 4 members (excludes halogenated alkanes) is 1. The SMILES string of the molecule is CCCCSc1nc(N)c(C#N)c(C2CCCCC2)n1. The van der Waals surface area contributed by atoms with Gasteiger partial charge in [-0.2, -0.15) is 5.26 Å². The first-order valence-electron chi connectivity index (χ1n) is 7.46. The molecule has 1 aliphatic carbocycles. The van der Waals surface area contributed by atoms with Gasteiger partial charge in [-0.05, 0) is 19.3 Å². The molecule has 0 unspecified atom stereocenters. The summed E-state index contributed by atoms with van der Waals surface area (Å²) >= 11 is 1.64. The number of anilines is 1. The van der Waals surface area contributed by atoms with Crippen LogP contribution in [-0.4, -0.2) is 15.7 Å². The number of hydrogen-bond acceptors (Lipinski definition) is 5. The second-order valence-electron chi connectivity index (χ2n) is 5.30. The maximum atomic E-state index is 9.32. The van der Waals surface area contributed by atoms with E-state index < -0.39 is 0 Å². The summed E-state index contributed by atoms with van der Waals surface area (Å²) < 4.78 is 0. The molecule has 5 heteroatoms. The molecule has 0 spiro atoms. The van der Waals surface area contributed by atoms with E-state index in [0.29, 0.717) is 17.3 Å². The third-order valence-corrected chi connectivity index (χ3v) is 4.71. The normalized spacial score (nSPS) is 16.0. The van der Waals surface area contributed by atoms with Crippen molar-refractivity contribution in [3.05, 3.63) is 11.3 Å². The summed E-state index contributed by atoms with van der Waals surface area (Å²) in [6, 6.07) is 2.20. The molecular weight excluding hydrogens is 268 g/mol. The fourth-order valence-electron chi connectivity index (χ4n) is 2.63. The third-order valence-electron chi connectivity index (χ3n) is 3.78. The summed E-state index contributed by atoms with van der Waals surface area (Å²) in [6.45, 7) is 2.17. The Balaban J connectivity index is 2.24. The van der Waals surface area contributed by atoms with Crippen molar-refractivity contribution < 1.29 is 0 Å². The van der Waals surface area contributed by atoms with Crippen LogP contribution in [0.2, 0.25) is 0 Å². The van der Waals surface area contributed by atoms with Gasteiger partial charge in [0.15, 0.2) is 5.16 Å². The van der Waals surface area contributed by atoms with Gasteiger partial charge in [0.1, 0.15) is 17.5 Å². The fraction of sp³-hybridized carbons (Fsp3) is 0.667. The molecule has 1 saturated carbocycles. The Bertz CT molecular complexity index is 489. The molecular formula is C15H22N4S. The zero-order valence-electron chi connectivity index (χ0n) is 12.1. The summed E-state index contributed by atoms with van der Waals surface area (Å²) in [4.78, 5) is 8.93. The second kappa shape index (κ2) is 7.49. The molecule has 4 nitrogen and oxygen atoms in total. The molecule has 1 heterocycles. The summed E-state index contributed by atoms with van der Waals surface area (Å²) in [7, 11) is 0. The van der Waals surface area contributed by atoms with Gasteiger partial charge >= 0.3 is 0 Å². The van der Waals surface area contributed by atoms with Gasteiger partial charge in [0, 0.05) is 11.7 Å². The van der Waals surface area contributed by atoms with Crippen molar-refractivity contribution in [1.29, 1.82) is 5.26 Å². The summed E-state index contributed by atoms with van der Waals surface area (Å²) in [5.41, 5.74) is 7.34. The van der Waals surface area contributed by atoms with Gasteiger partial charge in [-0.3, -0.25) is 0 Å². The van der Waals surface area contributed by atoms with Crippen LogP contribution >= 0.6 is 11.8 Å². The Labute approximate surface area is 125 Å². The van der Waals surface area contributed by atoms with E-state index in [-0.39, 0.29) is 0 Å². The Morgan fingerprint density at radius 3 is 2.70 bits per heavy atom. The number of thioether (sulfide) groups is 1. The highest BCUT2D eigenvalue weighted by molar-refractivity contribution is 7.99. The summed E-state index contributed by atoms with van der Waals surface area (Å²) in [6.07, 6.45) is 8.27. The molecule has 2 N–H and O–H groups in total. The van der Waals surface area contributed by atoms with E-state index in [1.54, 1.807) is 11.8 Å². The van der Waals surface area contributed by atoms with E-state index in [2.05, 4.69) is 23.0 Å². The number of rotatable bonds is 5. The van der Waals surface area contributed by atoms with Crippen LogP contribution in [-0.2, 0) is 0 Å². The van der Waals surface area contributed by atoms with Gasteiger partial charge in [0.2, 0.25) is 0 Å². The van der Waals surface area contributed by atoms with E-state index in [1.807, 2.05) is 0 Å². The molecule has 20 heavy (non-hydrogen) atoms. The summed E-state index contributed by atoms with van der Waals surface area (Å²) in [5.74, 6) is 1.74. The van der Waals surface area contributed by atoms with Gasteiger partial charge in [0.25, 0.3) is 0 Å². The van der Waals surface area contributed by atoms with Crippen molar-refractivity contribution in [2.24, 2.45) is 0 Å². The molecule has 0 saturated heterocycles. The van der Waals surface area contributed by atoms with Crippen molar-refractivity contribution in [3.63, 3.8) is 0 Å². The van der Waals surface area contributed by atoms with E-state index >= 15 is 0 Å². The molecule has 0 amide bonds. The van der Waals surface area contributed by atoms with Crippen molar-refractivity contribution in [2.45, 2.75) is 62.9 Å². The molecule has 0 bridgehead atoms. The number of hydrogen-bond donors (Lipinski definition) is 1. The smallest absolute Gasteiger partial charge is 0.189 e. The van der Waals surface area contributed by atoms with E-state index in [1.165, 1.54) is 19.3 Å². The molecule has 0 aliphatic heterocycles. The molecule has 2 rings (SSSR count). The number of aromatic nitrogens is 2. The fourth-order valence-corrected chi connectivity index (χ4v) is 3.57. The highest BCUT2D eigenvalue weighted by atomic mass is 32.2. The first-order chi connectivity index (χ1) is 9.76. The highest BCUT2D eigenvalue weighted by Crippen LogP contribution is 2.35. The number of nitriles is 1. The zero-order chi connectivity index (χ0) is 14.4. The Morgan fingerprint density at radius 1 is 1.30 bits per heavy atom. The Hall–Kier alpha value is -1.28. The molecule has 1 fully saturated rings. The lowest BCUT2D eigenvalue weighted by molar-refractivity contribution is 0.433. The zero-order valence-corrected chi connectivity index (χ0v) is 12.9. The molecule has 0 aromatic carbocycles. The monoisotopic (exact) mass is 290 g/mol. The molecule has 0 atom stereocenters. The van der Waals surface area contributed by atoms with E-state index in [4.69, 9.17) is 5.73 Å². The second-order valence-corrected chi connectivity index (χ2v) is 6.36. The first kappa shape index (κ1) is 15.1. The standard InChI is InChI=1S/C15H22N4S/c1-2-3-9-20-15-18-13(11-7-5-4-6-8-11)12(10-16)14(17)19-15/h11H,2-9H2,1H3,(H2,17,18,19). The number of nitrogen functional groups attached to an aromatic ring is 1. The molecule has 0 radical (unpaired) electrons. The van der Waals surface area contributed by atoms with Crippen LogP contribution in [0.1, 0.15) is 69.0 Å².